The SMILES string of the molecule is CC(C(=O)N1CCN(Cc2cccnc2)CC1)n1cncn1. The third-order valence-electron chi connectivity index (χ3n) is 4.00. The van der Waals surface area contributed by atoms with Gasteiger partial charge in [0.1, 0.15) is 18.7 Å². The molecule has 0 radical (unpaired) electrons. The first-order valence-corrected chi connectivity index (χ1v) is 7.48. The van der Waals surface area contributed by atoms with Gasteiger partial charge >= 0.3 is 0 Å². The summed E-state index contributed by atoms with van der Waals surface area (Å²) in [7, 11) is 0. The van der Waals surface area contributed by atoms with Crippen molar-refractivity contribution in [2.75, 3.05) is 26.2 Å². The second-order valence-corrected chi connectivity index (χ2v) is 5.51. The van der Waals surface area contributed by atoms with Crippen LogP contribution in [0.2, 0.25) is 0 Å². The quantitative estimate of drug-likeness (QED) is 0.826. The van der Waals surface area contributed by atoms with Crippen molar-refractivity contribution in [2.24, 2.45) is 0 Å². The van der Waals surface area contributed by atoms with Crippen LogP contribution in [0.15, 0.2) is 37.2 Å². The molecule has 3 rings (SSSR count). The molecule has 3 heterocycles. The second kappa shape index (κ2) is 6.65. The van der Waals surface area contributed by atoms with Gasteiger partial charge in [0.05, 0.1) is 0 Å². The zero-order valence-corrected chi connectivity index (χ0v) is 12.7. The van der Waals surface area contributed by atoms with Crippen molar-refractivity contribution in [2.45, 2.75) is 19.5 Å². The highest BCUT2D eigenvalue weighted by atomic mass is 16.2. The number of pyridine rings is 1. The molecule has 7 heteroatoms. The lowest BCUT2D eigenvalue weighted by molar-refractivity contribution is -0.136. The lowest BCUT2D eigenvalue weighted by atomic mass is 10.2. The summed E-state index contributed by atoms with van der Waals surface area (Å²) in [6, 6.07) is 3.74. The van der Waals surface area contributed by atoms with Gasteiger partial charge in [0, 0.05) is 45.1 Å². The first-order valence-electron chi connectivity index (χ1n) is 7.48. The summed E-state index contributed by atoms with van der Waals surface area (Å²) < 4.78 is 1.60. The molecule has 1 saturated heterocycles. The molecule has 0 aliphatic carbocycles. The highest BCUT2D eigenvalue weighted by molar-refractivity contribution is 5.80. The highest BCUT2D eigenvalue weighted by Crippen LogP contribution is 2.12. The Morgan fingerprint density at radius 3 is 2.73 bits per heavy atom. The van der Waals surface area contributed by atoms with Crippen LogP contribution in [0.4, 0.5) is 0 Å². The van der Waals surface area contributed by atoms with Crippen LogP contribution in [0.1, 0.15) is 18.5 Å². The predicted molar refractivity (Wildman–Crippen MR) is 80.8 cm³/mol. The molecule has 0 N–H and O–H groups in total. The van der Waals surface area contributed by atoms with E-state index < -0.39 is 0 Å². The number of carbonyl (C=O) groups excluding carboxylic acids is 1. The molecule has 0 saturated carbocycles. The van der Waals surface area contributed by atoms with Crippen LogP contribution in [0, 0.1) is 0 Å². The Morgan fingerprint density at radius 1 is 1.27 bits per heavy atom. The standard InChI is InChI=1S/C15H20N6O/c1-13(21-12-17-11-18-21)15(22)20-7-5-19(6-8-20)10-14-3-2-4-16-9-14/h2-4,9,11-13H,5-8,10H2,1H3. The van der Waals surface area contributed by atoms with Gasteiger partial charge in [-0.05, 0) is 18.6 Å². The van der Waals surface area contributed by atoms with Crippen LogP contribution in [0.5, 0.6) is 0 Å². The van der Waals surface area contributed by atoms with E-state index in [0.717, 1.165) is 32.7 Å². The lowest BCUT2D eigenvalue weighted by Gasteiger charge is -2.35. The monoisotopic (exact) mass is 300 g/mol. The molecular weight excluding hydrogens is 280 g/mol. The first kappa shape index (κ1) is 14.6. The third kappa shape index (κ3) is 3.30. The zero-order chi connectivity index (χ0) is 15.4. The van der Waals surface area contributed by atoms with Crippen molar-refractivity contribution in [3.63, 3.8) is 0 Å². The number of piperazine rings is 1. The van der Waals surface area contributed by atoms with Gasteiger partial charge in [0.25, 0.3) is 0 Å². The first-order chi connectivity index (χ1) is 10.7. The Labute approximate surface area is 129 Å². The van der Waals surface area contributed by atoms with Crippen molar-refractivity contribution in [3.8, 4) is 0 Å². The van der Waals surface area contributed by atoms with Crippen LogP contribution >= 0.6 is 0 Å². The van der Waals surface area contributed by atoms with E-state index in [-0.39, 0.29) is 11.9 Å². The maximum atomic E-state index is 12.5. The van der Waals surface area contributed by atoms with Crippen LogP contribution in [0.3, 0.4) is 0 Å². The average Bonchev–Trinajstić information content (AvgIpc) is 3.10. The number of aromatic nitrogens is 4. The fourth-order valence-corrected chi connectivity index (χ4v) is 2.67. The molecule has 2 aromatic rings. The highest BCUT2D eigenvalue weighted by Gasteiger charge is 2.26. The number of nitrogens with zero attached hydrogens (tertiary/aromatic N) is 6. The number of hydrogen-bond donors (Lipinski definition) is 0. The van der Waals surface area contributed by atoms with E-state index in [4.69, 9.17) is 0 Å². The van der Waals surface area contributed by atoms with Gasteiger partial charge in [0.15, 0.2) is 0 Å². The van der Waals surface area contributed by atoms with Gasteiger partial charge in [-0.3, -0.25) is 14.7 Å². The van der Waals surface area contributed by atoms with Crippen molar-refractivity contribution >= 4 is 5.91 Å². The lowest BCUT2D eigenvalue weighted by Crippen LogP contribution is -2.49. The molecule has 0 aromatic carbocycles. The van der Waals surface area contributed by atoms with E-state index >= 15 is 0 Å². The normalized spacial score (nSPS) is 17.4. The van der Waals surface area contributed by atoms with E-state index in [9.17, 15) is 4.79 Å². The number of rotatable bonds is 4. The molecule has 1 aliphatic heterocycles. The van der Waals surface area contributed by atoms with Gasteiger partial charge in [-0.1, -0.05) is 6.07 Å². The van der Waals surface area contributed by atoms with Crippen LogP contribution in [-0.2, 0) is 11.3 Å². The maximum Gasteiger partial charge on any atom is 0.247 e. The van der Waals surface area contributed by atoms with E-state index in [1.165, 1.54) is 11.9 Å². The second-order valence-electron chi connectivity index (χ2n) is 5.51. The van der Waals surface area contributed by atoms with Crippen LogP contribution in [-0.4, -0.2) is 61.6 Å². The minimum atomic E-state index is -0.299. The number of amides is 1. The summed E-state index contributed by atoms with van der Waals surface area (Å²) >= 11 is 0. The summed E-state index contributed by atoms with van der Waals surface area (Å²) in [4.78, 5) is 24.8. The summed E-state index contributed by atoms with van der Waals surface area (Å²) in [5, 5.41) is 4.04. The van der Waals surface area contributed by atoms with Gasteiger partial charge in [-0.2, -0.15) is 5.10 Å². The molecule has 1 unspecified atom stereocenters. The summed E-state index contributed by atoms with van der Waals surface area (Å²) in [5.74, 6) is 0.103. The van der Waals surface area contributed by atoms with E-state index in [2.05, 4.69) is 26.0 Å². The third-order valence-corrected chi connectivity index (χ3v) is 4.00. The minimum absolute atomic E-state index is 0.103. The smallest absolute Gasteiger partial charge is 0.247 e. The Morgan fingerprint density at radius 2 is 2.09 bits per heavy atom. The van der Waals surface area contributed by atoms with Crippen molar-refractivity contribution < 1.29 is 4.79 Å². The van der Waals surface area contributed by atoms with Crippen LogP contribution < -0.4 is 0 Å². The number of hydrogen-bond acceptors (Lipinski definition) is 5. The van der Waals surface area contributed by atoms with E-state index in [1.54, 1.807) is 17.2 Å². The van der Waals surface area contributed by atoms with Gasteiger partial charge < -0.3 is 4.90 Å². The van der Waals surface area contributed by atoms with Gasteiger partial charge in [-0.25, -0.2) is 9.67 Å². The molecule has 2 aromatic heterocycles. The van der Waals surface area contributed by atoms with Crippen molar-refractivity contribution in [1.29, 1.82) is 0 Å². The van der Waals surface area contributed by atoms with Gasteiger partial charge in [-0.15, -0.1) is 0 Å². The Kier molecular flexibility index (Phi) is 4.43. The molecule has 1 fully saturated rings. The average molecular weight is 300 g/mol. The zero-order valence-electron chi connectivity index (χ0n) is 12.7. The van der Waals surface area contributed by atoms with Crippen LogP contribution in [0.25, 0.3) is 0 Å². The minimum Gasteiger partial charge on any atom is -0.338 e. The molecule has 22 heavy (non-hydrogen) atoms. The fraction of sp³-hybridized carbons (Fsp3) is 0.467. The van der Waals surface area contributed by atoms with E-state index in [1.807, 2.05) is 24.1 Å². The molecule has 0 bridgehead atoms. The molecule has 0 spiro atoms. The van der Waals surface area contributed by atoms with Gasteiger partial charge in [0.2, 0.25) is 5.91 Å². The molecule has 7 nitrogen and oxygen atoms in total. The Balaban J connectivity index is 1.52. The molecule has 1 amide bonds. The molecule has 116 valence electrons. The fourth-order valence-electron chi connectivity index (χ4n) is 2.67. The molecule has 1 aliphatic rings. The van der Waals surface area contributed by atoms with Crippen molar-refractivity contribution in [3.05, 3.63) is 42.7 Å². The molecule has 1 atom stereocenters. The van der Waals surface area contributed by atoms with E-state index in [0.29, 0.717) is 0 Å². The summed E-state index contributed by atoms with van der Waals surface area (Å²) in [6.45, 7) is 6.00. The topological polar surface area (TPSA) is 67.2 Å². The Hall–Kier alpha value is -2.28. The Bertz CT molecular complexity index is 592. The summed E-state index contributed by atoms with van der Waals surface area (Å²) in [6.07, 6.45) is 6.72. The maximum absolute atomic E-state index is 12.5. The summed E-state index contributed by atoms with van der Waals surface area (Å²) in [5.41, 5.74) is 1.21. The number of carbonyl (C=O) groups is 1. The van der Waals surface area contributed by atoms with Crippen molar-refractivity contribution in [1.82, 2.24) is 29.5 Å². The predicted octanol–water partition coefficient (Wildman–Crippen LogP) is 0.578. The largest absolute Gasteiger partial charge is 0.338 e. The molecular formula is C15H20N6O.